The minimum atomic E-state index is -3.79. The van der Waals surface area contributed by atoms with E-state index < -0.39 is 31.2 Å². The summed E-state index contributed by atoms with van der Waals surface area (Å²) in [6, 6.07) is 0. The minimum Gasteiger partial charge on any atom is -0.469 e. The predicted molar refractivity (Wildman–Crippen MR) is 113 cm³/mol. The molecule has 1 heterocycles. The molecule has 0 spiro atoms. The Morgan fingerprint density at radius 3 is 2.48 bits per heavy atom. The molecule has 1 aliphatic rings. The second kappa shape index (κ2) is 13.2. The molecule has 11 nitrogen and oxygen atoms in total. The molecule has 2 amide bonds. The molecule has 1 aliphatic heterocycles. The van der Waals surface area contributed by atoms with E-state index in [4.69, 9.17) is 13.6 Å². The lowest BCUT2D eigenvalue weighted by molar-refractivity contribution is -0.142. The fourth-order valence-corrected chi connectivity index (χ4v) is 4.79. The molecule has 0 aromatic heterocycles. The highest BCUT2D eigenvalue weighted by atomic mass is 32.2. The fraction of sp³-hybridized carbons (Fsp3) is 0.778. The molecule has 2 atom stereocenters. The van der Waals surface area contributed by atoms with Crippen molar-refractivity contribution in [1.82, 2.24) is 10.6 Å². The van der Waals surface area contributed by atoms with Gasteiger partial charge in [-0.15, -0.1) is 0 Å². The first-order valence-corrected chi connectivity index (χ1v) is 12.3. The first-order valence-electron chi connectivity index (χ1n) is 9.87. The van der Waals surface area contributed by atoms with E-state index in [-0.39, 0.29) is 56.6 Å². The van der Waals surface area contributed by atoms with Crippen LogP contribution in [-0.4, -0.2) is 68.2 Å². The van der Waals surface area contributed by atoms with Crippen LogP contribution in [0.3, 0.4) is 0 Å². The smallest absolute Gasteiger partial charge is 0.469 e. The van der Waals surface area contributed by atoms with Crippen molar-refractivity contribution in [3.8, 4) is 0 Å². The van der Waals surface area contributed by atoms with Crippen molar-refractivity contribution in [3.63, 3.8) is 0 Å². The second-order valence-corrected chi connectivity index (χ2v) is 10.1. The molecule has 13 heteroatoms. The number of hydrogen-bond acceptors (Lipinski definition) is 10. The number of carbonyl (C=O) groups is 4. The lowest BCUT2D eigenvalue weighted by Crippen LogP contribution is -2.50. The Morgan fingerprint density at radius 1 is 1.13 bits per heavy atom. The van der Waals surface area contributed by atoms with Crippen molar-refractivity contribution in [2.75, 3.05) is 39.2 Å². The number of esters is 1. The maximum Gasteiger partial charge on any atom is 0.475 e. The van der Waals surface area contributed by atoms with E-state index >= 15 is 0 Å². The van der Waals surface area contributed by atoms with Gasteiger partial charge in [0.1, 0.15) is 0 Å². The summed E-state index contributed by atoms with van der Waals surface area (Å²) >= 11 is 1.02. The Labute approximate surface area is 186 Å². The average Bonchev–Trinajstić information content (AvgIpc) is 2.71. The van der Waals surface area contributed by atoms with E-state index in [9.17, 15) is 23.7 Å². The van der Waals surface area contributed by atoms with E-state index in [0.29, 0.717) is 5.75 Å². The predicted octanol–water partition coefficient (Wildman–Crippen LogP) is 1.41. The molecular formula is C18H31N2O9PS. The first kappa shape index (κ1) is 27.6. The largest absolute Gasteiger partial charge is 0.475 e. The topological polar surface area (TPSA) is 146 Å². The third-order valence-electron chi connectivity index (χ3n) is 4.16. The summed E-state index contributed by atoms with van der Waals surface area (Å²) in [6.07, 6.45) is -0.909. The number of methoxy groups -OCH3 is 1. The van der Waals surface area contributed by atoms with Crippen LogP contribution in [0.5, 0.6) is 0 Å². The Bertz CT molecular complexity index is 702. The van der Waals surface area contributed by atoms with Crippen LogP contribution in [0, 0.1) is 5.41 Å². The van der Waals surface area contributed by atoms with Gasteiger partial charge in [-0.05, 0) is 6.92 Å². The molecule has 0 aromatic rings. The van der Waals surface area contributed by atoms with Gasteiger partial charge in [-0.2, -0.15) is 0 Å². The van der Waals surface area contributed by atoms with Crippen LogP contribution in [0.1, 0.15) is 40.0 Å². The van der Waals surface area contributed by atoms with Crippen LogP contribution in [0.2, 0.25) is 0 Å². The molecule has 0 saturated carbocycles. The maximum atomic E-state index is 12.5. The number of phosphoric ester groups is 1. The lowest BCUT2D eigenvalue weighted by atomic mass is 9.87. The average molecular weight is 482 g/mol. The summed E-state index contributed by atoms with van der Waals surface area (Å²) < 4.78 is 32.3. The van der Waals surface area contributed by atoms with Gasteiger partial charge >= 0.3 is 13.8 Å². The third kappa shape index (κ3) is 10.1. The normalized spacial score (nSPS) is 22.4. The zero-order valence-corrected chi connectivity index (χ0v) is 20.0. The Balaban J connectivity index is 2.28. The van der Waals surface area contributed by atoms with E-state index in [1.165, 1.54) is 7.11 Å². The van der Waals surface area contributed by atoms with E-state index in [0.717, 1.165) is 11.8 Å². The van der Waals surface area contributed by atoms with Gasteiger partial charge < -0.3 is 15.4 Å². The molecule has 0 aliphatic carbocycles. The lowest BCUT2D eigenvalue weighted by Gasteiger charge is -2.39. The second-order valence-electron chi connectivity index (χ2n) is 7.30. The first-order chi connectivity index (χ1) is 14.5. The molecule has 31 heavy (non-hydrogen) atoms. The van der Waals surface area contributed by atoms with Gasteiger partial charge in [0.15, 0.2) is 11.2 Å². The van der Waals surface area contributed by atoms with Crippen LogP contribution < -0.4 is 10.6 Å². The summed E-state index contributed by atoms with van der Waals surface area (Å²) in [5.74, 6) is -0.878. The maximum absolute atomic E-state index is 12.5. The summed E-state index contributed by atoms with van der Waals surface area (Å²) in [4.78, 5) is 46.9. The van der Waals surface area contributed by atoms with Crippen molar-refractivity contribution < 1.29 is 42.1 Å². The zero-order chi connectivity index (χ0) is 23.5. The molecule has 0 aromatic carbocycles. The number of phosphoric acid groups is 1. The quantitative estimate of drug-likeness (QED) is 0.238. The summed E-state index contributed by atoms with van der Waals surface area (Å²) in [7, 11) is -2.53. The number of nitrogens with one attached hydrogen (secondary N) is 2. The number of thioether (sulfide) groups is 1. The minimum absolute atomic E-state index is 0.0267. The highest BCUT2D eigenvalue weighted by Crippen LogP contribution is 2.57. The molecule has 178 valence electrons. The van der Waals surface area contributed by atoms with Crippen molar-refractivity contribution >= 4 is 42.5 Å². The van der Waals surface area contributed by atoms with Crippen LogP contribution in [0.15, 0.2) is 0 Å². The SMILES string of the molecule is CCOP1(=O)OCC(C)(C)[C@H](C(=O)NCCC(=O)NCCSC(=O)CCC(=O)OC)O1. The highest BCUT2D eigenvalue weighted by Gasteiger charge is 2.48. The molecule has 1 fully saturated rings. The van der Waals surface area contributed by atoms with E-state index in [1.54, 1.807) is 20.8 Å². The van der Waals surface area contributed by atoms with Gasteiger partial charge in [0.05, 0.1) is 26.7 Å². The van der Waals surface area contributed by atoms with Gasteiger partial charge in [0, 0.05) is 37.1 Å². The van der Waals surface area contributed by atoms with Crippen LogP contribution in [0.4, 0.5) is 0 Å². The molecule has 1 rings (SSSR count). The van der Waals surface area contributed by atoms with Gasteiger partial charge in [0.25, 0.3) is 0 Å². The van der Waals surface area contributed by atoms with Gasteiger partial charge in [0.2, 0.25) is 11.8 Å². The summed E-state index contributed by atoms with van der Waals surface area (Å²) in [5.41, 5.74) is -0.727. The molecule has 2 N–H and O–H groups in total. The van der Waals surface area contributed by atoms with E-state index in [1.807, 2.05) is 0 Å². The number of ether oxygens (including phenoxy) is 1. The Kier molecular flexibility index (Phi) is 11.7. The number of hydrogen-bond donors (Lipinski definition) is 2. The van der Waals surface area contributed by atoms with Crippen LogP contribution in [-0.2, 0) is 42.1 Å². The van der Waals surface area contributed by atoms with Gasteiger partial charge in [-0.25, -0.2) is 4.57 Å². The molecule has 0 bridgehead atoms. The van der Waals surface area contributed by atoms with Gasteiger partial charge in [-0.3, -0.25) is 32.7 Å². The third-order valence-corrected chi connectivity index (χ3v) is 6.59. The standard InChI is InChI=1S/C18H31N2O9PS/c1-5-27-30(25)28-12-18(2,3)16(29-30)17(24)20-9-8-13(21)19-10-11-31-15(23)7-6-14(22)26-4/h16H,5-12H2,1-4H3,(H,19,21)(H,20,24)/t16-,30?/m0/s1. The van der Waals surface area contributed by atoms with Crippen LogP contribution >= 0.6 is 19.6 Å². The summed E-state index contributed by atoms with van der Waals surface area (Å²) in [5, 5.41) is 5.09. The molecule has 1 unspecified atom stereocenters. The zero-order valence-electron chi connectivity index (χ0n) is 18.3. The van der Waals surface area contributed by atoms with Gasteiger partial charge in [-0.1, -0.05) is 25.6 Å². The van der Waals surface area contributed by atoms with E-state index in [2.05, 4.69) is 15.4 Å². The Morgan fingerprint density at radius 2 is 1.84 bits per heavy atom. The monoisotopic (exact) mass is 482 g/mol. The number of amides is 2. The molecular weight excluding hydrogens is 451 g/mol. The highest BCUT2D eigenvalue weighted by molar-refractivity contribution is 8.13. The van der Waals surface area contributed by atoms with Crippen LogP contribution in [0.25, 0.3) is 0 Å². The summed E-state index contributed by atoms with van der Waals surface area (Å²) in [6.45, 7) is 5.59. The molecule has 1 saturated heterocycles. The van der Waals surface area contributed by atoms with Crippen molar-refractivity contribution in [3.05, 3.63) is 0 Å². The van der Waals surface area contributed by atoms with Crippen molar-refractivity contribution in [2.45, 2.75) is 46.1 Å². The number of rotatable bonds is 12. The van der Waals surface area contributed by atoms with Crippen molar-refractivity contribution in [2.24, 2.45) is 5.41 Å². The molecule has 0 radical (unpaired) electrons. The number of carbonyl (C=O) groups excluding carboxylic acids is 4. The Hall–Kier alpha value is -1.46. The van der Waals surface area contributed by atoms with Crippen molar-refractivity contribution in [1.29, 1.82) is 0 Å². The fourth-order valence-electron chi connectivity index (χ4n) is 2.47.